The van der Waals surface area contributed by atoms with E-state index in [2.05, 4.69) is 10.9 Å². The number of likely N-dealkylation sites (tertiary alicyclic amines) is 1. The van der Waals surface area contributed by atoms with Crippen LogP contribution < -0.4 is 20.3 Å². The Labute approximate surface area is 141 Å². The fourth-order valence-electron chi connectivity index (χ4n) is 4.30. The van der Waals surface area contributed by atoms with E-state index >= 15 is 0 Å². The Morgan fingerprint density at radius 3 is 2.79 bits per heavy atom. The number of nitrogens with one attached hydrogen (secondary N) is 2. The van der Waals surface area contributed by atoms with Crippen molar-refractivity contribution in [1.29, 1.82) is 0 Å². The summed E-state index contributed by atoms with van der Waals surface area (Å²) >= 11 is 0. The maximum Gasteiger partial charge on any atom is 0.267 e. The second kappa shape index (κ2) is 5.63. The molecule has 4 atom stereocenters. The molecule has 0 bridgehead atoms. The van der Waals surface area contributed by atoms with Gasteiger partial charge in [0.15, 0.2) is 11.5 Å². The zero-order valence-electron chi connectivity index (χ0n) is 13.6. The van der Waals surface area contributed by atoms with Gasteiger partial charge in [0.2, 0.25) is 6.10 Å². The number of benzene rings is 1. The van der Waals surface area contributed by atoms with Crippen LogP contribution in [-0.2, 0) is 4.79 Å². The van der Waals surface area contributed by atoms with E-state index in [0.29, 0.717) is 30.4 Å². The minimum absolute atomic E-state index is 0.0596. The number of fused-ring (bicyclic) bond motifs is 2. The largest absolute Gasteiger partial charge is 0.485 e. The average molecular weight is 329 g/mol. The van der Waals surface area contributed by atoms with Gasteiger partial charge in [0.1, 0.15) is 6.61 Å². The van der Waals surface area contributed by atoms with Gasteiger partial charge in [-0.25, -0.2) is 0 Å². The monoisotopic (exact) mass is 329 g/mol. The molecule has 4 unspecified atom stereocenters. The molecule has 0 aromatic heterocycles. The molecule has 0 radical (unpaired) electrons. The van der Waals surface area contributed by atoms with Gasteiger partial charge < -0.3 is 14.4 Å². The molecule has 5 rings (SSSR count). The number of para-hydroxylation sites is 2. The Bertz CT molecular complexity index is 648. The lowest BCUT2D eigenvalue weighted by Gasteiger charge is -2.38. The van der Waals surface area contributed by atoms with E-state index in [4.69, 9.17) is 9.47 Å². The highest BCUT2D eigenvalue weighted by Crippen LogP contribution is 2.40. The smallest absolute Gasteiger partial charge is 0.267 e. The Hall–Kier alpha value is -1.79. The number of hydrogen-bond donors (Lipinski definition) is 2. The zero-order valence-corrected chi connectivity index (χ0v) is 13.6. The summed E-state index contributed by atoms with van der Waals surface area (Å²) in [6, 6.07) is 8.54. The molecule has 2 N–H and O–H groups in total. The minimum Gasteiger partial charge on any atom is -0.485 e. The highest BCUT2D eigenvalue weighted by atomic mass is 16.6. The van der Waals surface area contributed by atoms with Gasteiger partial charge in [-0.2, -0.15) is 0 Å². The van der Waals surface area contributed by atoms with E-state index in [9.17, 15) is 4.79 Å². The molecule has 3 heterocycles. The van der Waals surface area contributed by atoms with Crippen molar-refractivity contribution in [2.75, 3.05) is 19.7 Å². The summed E-state index contributed by atoms with van der Waals surface area (Å²) in [5.74, 6) is 2.73. The number of piperidine rings is 1. The molecule has 3 aliphatic heterocycles. The molecule has 1 amide bonds. The molecule has 0 spiro atoms. The van der Waals surface area contributed by atoms with Crippen molar-refractivity contribution in [3.63, 3.8) is 0 Å². The molecule has 6 nitrogen and oxygen atoms in total. The summed E-state index contributed by atoms with van der Waals surface area (Å²) in [5.41, 5.74) is 6.91. The van der Waals surface area contributed by atoms with Crippen LogP contribution >= 0.6 is 0 Å². The number of amides is 1. The molecule has 3 fully saturated rings. The molecule has 128 valence electrons. The first-order valence-electron chi connectivity index (χ1n) is 8.98. The topological polar surface area (TPSA) is 62.8 Å². The van der Waals surface area contributed by atoms with Crippen LogP contribution in [0.2, 0.25) is 0 Å². The summed E-state index contributed by atoms with van der Waals surface area (Å²) in [7, 11) is 0. The third kappa shape index (κ3) is 2.45. The van der Waals surface area contributed by atoms with E-state index in [1.807, 2.05) is 29.2 Å². The van der Waals surface area contributed by atoms with Crippen LogP contribution in [0.15, 0.2) is 24.3 Å². The molecule has 4 aliphatic rings. The Kier molecular flexibility index (Phi) is 3.41. The van der Waals surface area contributed by atoms with E-state index in [1.165, 1.54) is 12.8 Å². The van der Waals surface area contributed by atoms with Crippen LogP contribution in [-0.4, -0.2) is 48.7 Å². The first-order valence-corrected chi connectivity index (χ1v) is 8.98. The first kappa shape index (κ1) is 14.5. The Morgan fingerprint density at radius 2 is 1.96 bits per heavy atom. The molecule has 1 aromatic rings. The van der Waals surface area contributed by atoms with Gasteiger partial charge in [-0.3, -0.25) is 15.6 Å². The van der Waals surface area contributed by atoms with Crippen molar-refractivity contribution in [2.24, 2.45) is 11.8 Å². The predicted molar refractivity (Wildman–Crippen MR) is 87.6 cm³/mol. The normalized spacial score (nSPS) is 34.8. The van der Waals surface area contributed by atoms with Gasteiger partial charge in [0.05, 0.1) is 0 Å². The number of hydrogen-bond acceptors (Lipinski definition) is 5. The lowest BCUT2D eigenvalue weighted by atomic mass is 9.86. The number of rotatable bonds is 2. The van der Waals surface area contributed by atoms with E-state index < -0.39 is 6.10 Å². The summed E-state index contributed by atoms with van der Waals surface area (Å²) in [6.45, 7) is 1.89. The quantitative estimate of drug-likeness (QED) is 0.845. The van der Waals surface area contributed by atoms with Crippen LogP contribution in [0.3, 0.4) is 0 Å². The van der Waals surface area contributed by atoms with Crippen LogP contribution in [0.25, 0.3) is 0 Å². The molecule has 2 saturated heterocycles. The van der Waals surface area contributed by atoms with Crippen LogP contribution in [0.1, 0.15) is 19.3 Å². The molecule has 1 aromatic carbocycles. The predicted octanol–water partition coefficient (Wildman–Crippen LogP) is 0.930. The van der Waals surface area contributed by atoms with Crippen molar-refractivity contribution in [3.8, 4) is 11.5 Å². The Morgan fingerprint density at radius 1 is 1.12 bits per heavy atom. The number of ether oxygens (including phenoxy) is 2. The second-order valence-corrected chi connectivity index (χ2v) is 7.36. The van der Waals surface area contributed by atoms with Gasteiger partial charge in [0, 0.05) is 31.1 Å². The molecular formula is C18H23N3O3. The highest BCUT2D eigenvalue weighted by molar-refractivity contribution is 5.82. The van der Waals surface area contributed by atoms with Crippen LogP contribution in [0.5, 0.6) is 11.5 Å². The Balaban J connectivity index is 1.28. The van der Waals surface area contributed by atoms with Gasteiger partial charge in [-0.1, -0.05) is 12.1 Å². The number of carbonyl (C=O) groups is 1. The van der Waals surface area contributed by atoms with E-state index in [1.54, 1.807) is 0 Å². The minimum atomic E-state index is -0.529. The van der Waals surface area contributed by atoms with Gasteiger partial charge >= 0.3 is 0 Å². The molecule has 1 aliphatic carbocycles. The van der Waals surface area contributed by atoms with Crippen LogP contribution in [0, 0.1) is 11.8 Å². The molecule has 6 heteroatoms. The summed E-state index contributed by atoms with van der Waals surface area (Å²) in [4.78, 5) is 14.9. The third-order valence-corrected chi connectivity index (χ3v) is 5.78. The van der Waals surface area contributed by atoms with Crippen LogP contribution in [0.4, 0.5) is 0 Å². The average Bonchev–Trinajstić information content (AvgIpc) is 3.39. The van der Waals surface area contributed by atoms with Gasteiger partial charge in [0.25, 0.3) is 5.91 Å². The second-order valence-electron chi connectivity index (χ2n) is 7.36. The standard InChI is InChI=1S/C18H23N3O3/c22-18(16-10-23-14-3-1-2-4-15(14)24-16)21-8-7-13-12(9-21)17(20-19-13)11-5-6-11/h1-4,11-13,16-17,19-20H,5-10H2. The highest BCUT2D eigenvalue weighted by Gasteiger charge is 2.47. The van der Waals surface area contributed by atoms with Crippen molar-refractivity contribution in [2.45, 2.75) is 37.5 Å². The molecule has 24 heavy (non-hydrogen) atoms. The third-order valence-electron chi connectivity index (χ3n) is 5.78. The van der Waals surface area contributed by atoms with Crippen molar-refractivity contribution < 1.29 is 14.3 Å². The van der Waals surface area contributed by atoms with Crippen molar-refractivity contribution >= 4 is 5.91 Å². The maximum atomic E-state index is 12.9. The molecule has 1 saturated carbocycles. The van der Waals surface area contributed by atoms with Crippen molar-refractivity contribution in [1.82, 2.24) is 15.8 Å². The maximum absolute atomic E-state index is 12.9. The summed E-state index contributed by atoms with van der Waals surface area (Å²) in [6.07, 6.45) is 3.09. The fourth-order valence-corrected chi connectivity index (χ4v) is 4.30. The van der Waals surface area contributed by atoms with Gasteiger partial charge in [-0.15, -0.1) is 0 Å². The SMILES string of the molecule is O=C(C1COc2ccccc2O1)N1CCC2NNC(C3CC3)C2C1. The summed E-state index contributed by atoms with van der Waals surface area (Å²) in [5, 5.41) is 0. The van der Waals surface area contributed by atoms with E-state index in [-0.39, 0.29) is 5.91 Å². The van der Waals surface area contributed by atoms with E-state index in [0.717, 1.165) is 31.2 Å². The number of carbonyl (C=O) groups excluding carboxylic acids is 1. The molecular weight excluding hydrogens is 306 g/mol. The lowest BCUT2D eigenvalue weighted by molar-refractivity contribution is -0.143. The lowest BCUT2D eigenvalue weighted by Crippen LogP contribution is -2.54. The number of hydrazine groups is 1. The fraction of sp³-hybridized carbons (Fsp3) is 0.611. The zero-order chi connectivity index (χ0) is 16.1. The van der Waals surface area contributed by atoms with Gasteiger partial charge in [-0.05, 0) is 37.3 Å². The van der Waals surface area contributed by atoms with Crippen molar-refractivity contribution in [3.05, 3.63) is 24.3 Å². The first-order chi connectivity index (χ1) is 11.8. The number of nitrogens with zero attached hydrogens (tertiary/aromatic N) is 1. The summed E-state index contributed by atoms with van der Waals surface area (Å²) < 4.78 is 11.6.